The number of hydrogen-bond donors (Lipinski definition) is 1. The molecule has 2 atom stereocenters. The number of benzene rings is 1. The molecule has 0 radical (unpaired) electrons. The summed E-state index contributed by atoms with van der Waals surface area (Å²) in [6.45, 7) is 6.53. The van der Waals surface area contributed by atoms with Crippen molar-refractivity contribution in [2.24, 2.45) is 11.8 Å². The molecule has 3 rings (SSSR count). The number of nitrogens with zero attached hydrogens (tertiary/aromatic N) is 3. The number of carboxylic acids is 1. The maximum absolute atomic E-state index is 12.6. The van der Waals surface area contributed by atoms with Crippen LogP contribution < -0.4 is 4.90 Å². The quantitative estimate of drug-likeness (QED) is 0.867. The van der Waals surface area contributed by atoms with Crippen LogP contribution in [0.15, 0.2) is 24.3 Å². The highest BCUT2D eigenvalue weighted by Crippen LogP contribution is 2.23. The number of amides is 1. The molecular weight excluding hydrogens is 354 g/mol. The van der Waals surface area contributed by atoms with E-state index in [2.05, 4.69) is 11.8 Å². The van der Waals surface area contributed by atoms with Crippen molar-refractivity contribution in [3.8, 4) is 0 Å². The summed E-state index contributed by atoms with van der Waals surface area (Å²) in [6, 6.07) is 7.77. The Balaban J connectivity index is 1.51. The van der Waals surface area contributed by atoms with Crippen LogP contribution >= 0.6 is 11.6 Å². The fourth-order valence-corrected chi connectivity index (χ4v) is 4.13. The summed E-state index contributed by atoms with van der Waals surface area (Å²) < 4.78 is 0. The van der Waals surface area contributed by atoms with Gasteiger partial charge in [0.2, 0.25) is 5.91 Å². The van der Waals surface area contributed by atoms with E-state index in [1.54, 1.807) is 0 Å². The van der Waals surface area contributed by atoms with Gasteiger partial charge in [-0.3, -0.25) is 14.5 Å². The van der Waals surface area contributed by atoms with Gasteiger partial charge in [-0.1, -0.05) is 24.6 Å². The fourth-order valence-electron chi connectivity index (χ4n) is 3.95. The van der Waals surface area contributed by atoms with Crippen LogP contribution in [0.1, 0.15) is 13.3 Å². The average Bonchev–Trinajstić information content (AvgIpc) is 2.61. The summed E-state index contributed by atoms with van der Waals surface area (Å²) in [5.74, 6) is -0.735. The molecule has 1 N–H and O–H groups in total. The van der Waals surface area contributed by atoms with Gasteiger partial charge in [-0.15, -0.1) is 0 Å². The molecule has 1 aromatic carbocycles. The molecule has 1 aromatic rings. The summed E-state index contributed by atoms with van der Waals surface area (Å²) in [5.41, 5.74) is 1.08. The van der Waals surface area contributed by atoms with E-state index in [4.69, 9.17) is 11.6 Å². The van der Waals surface area contributed by atoms with Crippen LogP contribution in [0.2, 0.25) is 5.02 Å². The second kappa shape index (κ2) is 8.27. The van der Waals surface area contributed by atoms with E-state index in [-0.39, 0.29) is 11.8 Å². The molecule has 2 fully saturated rings. The number of halogens is 1. The molecule has 0 aliphatic carbocycles. The van der Waals surface area contributed by atoms with Gasteiger partial charge in [-0.05, 0) is 30.5 Å². The van der Waals surface area contributed by atoms with E-state index in [1.165, 1.54) is 0 Å². The number of hydrogen-bond acceptors (Lipinski definition) is 4. The topological polar surface area (TPSA) is 64.1 Å². The Hall–Kier alpha value is -1.79. The minimum atomic E-state index is -0.760. The number of carboxylic acid groups (broad SMARTS) is 1. The Morgan fingerprint density at radius 1 is 1.19 bits per heavy atom. The van der Waals surface area contributed by atoms with Gasteiger partial charge in [0.15, 0.2) is 0 Å². The third-order valence-corrected chi connectivity index (χ3v) is 5.48. The zero-order valence-electron chi connectivity index (χ0n) is 15.1. The molecular formula is C19H26ClN3O3. The van der Waals surface area contributed by atoms with Gasteiger partial charge in [0.25, 0.3) is 0 Å². The molecule has 0 saturated carbocycles. The molecule has 0 spiro atoms. The van der Waals surface area contributed by atoms with Crippen LogP contribution in [-0.2, 0) is 9.59 Å². The van der Waals surface area contributed by atoms with Crippen molar-refractivity contribution in [1.82, 2.24) is 9.80 Å². The number of piperazine rings is 1. The van der Waals surface area contributed by atoms with Crippen LogP contribution in [0.3, 0.4) is 0 Å². The molecule has 2 unspecified atom stereocenters. The lowest BCUT2D eigenvalue weighted by Gasteiger charge is -2.39. The normalized spacial score (nSPS) is 24.5. The van der Waals surface area contributed by atoms with E-state index < -0.39 is 5.97 Å². The summed E-state index contributed by atoms with van der Waals surface area (Å²) in [5, 5.41) is 9.99. The Kier molecular flexibility index (Phi) is 6.04. The molecule has 7 heteroatoms. The lowest BCUT2D eigenvalue weighted by atomic mass is 9.90. The molecule has 142 valence electrons. The minimum absolute atomic E-state index is 0.0917. The zero-order chi connectivity index (χ0) is 18.7. The Morgan fingerprint density at radius 2 is 1.92 bits per heavy atom. The van der Waals surface area contributed by atoms with Gasteiger partial charge in [0.1, 0.15) is 0 Å². The van der Waals surface area contributed by atoms with Crippen LogP contribution in [0.4, 0.5) is 5.69 Å². The van der Waals surface area contributed by atoms with Gasteiger partial charge in [0.05, 0.1) is 12.5 Å². The van der Waals surface area contributed by atoms with Crippen molar-refractivity contribution in [3.05, 3.63) is 29.3 Å². The molecule has 2 aliphatic heterocycles. The van der Waals surface area contributed by atoms with Gasteiger partial charge in [-0.25, -0.2) is 0 Å². The van der Waals surface area contributed by atoms with Gasteiger partial charge in [-0.2, -0.15) is 0 Å². The highest BCUT2D eigenvalue weighted by atomic mass is 35.5. The van der Waals surface area contributed by atoms with Gasteiger partial charge < -0.3 is 14.9 Å². The first kappa shape index (κ1) is 19.0. The number of rotatable bonds is 4. The lowest BCUT2D eigenvalue weighted by Crippen LogP contribution is -2.53. The zero-order valence-corrected chi connectivity index (χ0v) is 15.9. The first-order chi connectivity index (χ1) is 12.4. The summed E-state index contributed by atoms with van der Waals surface area (Å²) in [4.78, 5) is 30.1. The first-order valence-electron chi connectivity index (χ1n) is 9.16. The average molecular weight is 380 g/mol. The van der Waals surface area contributed by atoms with Crippen LogP contribution in [0.5, 0.6) is 0 Å². The second-order valence-corrected chi connectivity index (χ2v) is 7.85. The summed E-state index contributed by atoms with van der Waals surface area (Å²) in [6.07, 6.45) is 0.693. The van der Waals surface area contributed by atoms with Crippen molar-refractivity contribution in [2.75, 3.05) is 50.7 Å². The van der Waals surface area contributed by atoms with Crippen molar-refractivity contribution in [2.45, 2.75) is 13.3 Å². The Morgan fingerprint density at radius 3 is 2.58 bits per heavy atom. The standard InChI is InChI=1S/C19H26ClN3O3/c1-14-9-15(19(25)26)12-21(11-14)13-18(24)23-7-5-22(6-8-23)17-4-2-3-16(20)10-17/h2-4,10,14-15H,5-9,11-13H2,1H3,(H,25,26). The number of carbonyl (C=O) groups excluding carboxylic acids is 1. The minimum Gasteiger partial charge on any atom is -0.481 e. The van der Waals surface area contributed by atoms with Crippen molar-refractivity contribution in [3.63, 3.8) is 0 Å². The molecule has 26 heavy (non-hydrogen) atoms. The van der Waals surface area contributed by atoms with Gasteiger partial charge >= 0.3 is 5.97 Å². The third kappa shape index (κ3) is 4.68. The molecule has 2 heterocycles. The molecule has 6 nitrogen and oxygen atoms in total. The number of piperidine rings is 1. The number of anilines is 1. The van der Waals surface area contributed by atoms with Crippen molar-refractivity contribution >= 4 is 29.2 Å². The molecule has 0 bridgehead atoms. The van der Waals surface area contributed by atoms with Crippen LogP contribution in [0.25, 0.3) is 0 Å². The molecule has 0 aromatic heterocycles. The van der Waals surface area contributed by atoms with E-state index in [0.717, 1.165) is 25.3 Å². The van der Waals surface area contributed by atoms with Crippen LogP contribution in [0, 0.1) is 11.8 Å². The maximum atomic E-state index is 12.6. The lowest BCUT2D eigenvalue weighted by molar-refractivity contribution is -0.145. The molecule has 2 aliphatic rings. The van der Waals surface area contributed by atoms with Crippen molar-refractivity contribution in [1.29, 1.82) is 0 Å². The third-order valence-electron chi connectivity index (χ3n) is 5.25. The highest BCUT2D eigenvalue weighted by molar-refractivity contribution is 6.30. The first-order valence-corrected chi connectivity index (χ1v) is 9.53. The highest BCUT2D eigenvalue weighted by Gasteiger charge is 2.31. The van der Waals surface area contributed by atoms with E-state index in [0.29, 0.717) is 43.5 Å². The predicted octanol–water partition coefficient (Wildman–Crippen LogP) is 2.03. The maximum Gasteiger partial charge on any atom is 0.307 e. The summed E-state index contributed by atoms with van der Waals surface area (Å²) in [7, 11) is 0. The predicted molar refractivity (Wildman–Crippen MR) is 102 cm³/mol. The molecule has 1 amide bonds. The number of likely N-dealkylation sites (tertiary alicyclic amines) is 1. The smallest absolute Gasteiger partial charge is 0.307 e. The molecule has 2 saturated heterocycles. The van der Waals surface area contributed by atoms with E-state index in [1.807, 2.05) is 34.1 Å². The SMILES string of the molecule is CC1CC(C(=O)O)CN(CC(=O)N2CCN(c3cccc(Cl)c3)CC2)C1. The Bertz CT molecular complexity index is 661. The largest absolute Gasteiger partial charge is 0.481 e. The fraction of sp³-hybridized carbons (Fsp3) is 0.579. The van der Waals surface area contributed by atoms with E-state index in [9.17, 15) is 14.7 Å². The van der Waals surface area contributed by atoms with Crippen LogP contribution in [-0.4, -0.2) is 72.6 Å². The monoisotopic (exact) mass is 379 g/mol. The second-order valence-electron chi connectivity index (χ2n) is 7.42. The number of aliphatic carboxylic acids is 1. The summed E-state index contributed by atoms with van der Waals surface area (Å²) >= 11 is 6.06. The van der Waals surface area contributed by atoms with Gasteiger partial charge in [0, 0.05) is 50.0 Å². The number of carbonyl (C=O) groups is 2. The van der Waals surface area contributed by atoms with Crippen molar-refractivity contribution < 1.29 is 14.7 Å². The van der Waals surface area contributed by atoms with E-state index >= 15 is 0 Å². The Labute approximate surface area is 159 Å².